The summed E-state index contributed by atoms with van der Waals surface area (Å²) in [6, 6.07) is 70.1. The van der Waals surface area contributed by atoms with Gasteiger partial charge in [0.25, 0.3) is 0 Å². The van der Waals surface area contributed by atoms with E-state index in [-0.39, 0.29) is 0 Å². The number of nitrogens with zero attached hydrogens (tertiary/aromatic N) is 3. The normalized spacial score (nSPS) is 11.6. The van der Waals surface area contributed by atoms with E-state index >= 15 is 0 Å². The number of rotatable bonds is 6. The molecule has 0 saturated heterocycles. The van der Waals surface area contributed by atoms with Gasteiger partial charge in [-0.2, -0.15) is 0 Å². The highest BCUT2D eigenvalue weighted by Gasteiger charge is 2.18. The molecule has 11 aromatic rings. The van der Waals surface area contributed by atoms with E-state index in [1.807, 2.05) is 36.4 Å². The minimum absolute atomic E-state index is 0.688. The van der Waals surface area contributed by atoms with Gasteiger partial charge in [0.15, 0.2) is 5.82 Å². The highest BCUT2D eigenvalue weighted by atomic mass is 16.3. The Morgan fingerprint density at radius 1 is 0.339 bits per heavy atom. The molecule has 8 aromatic carbocycles. The highest BCUT2D eigenvalue weighted by molar-refractivity contribution is 6.13. The van der Waals surface area contributed by atoms with E-state index in [1.54, 1.807) is 0 Å². The lowest BCUT2D eigenvalue weighted by atomic mass is 9.99. The van der Waals surface area contributed by atoms with Gasteiger partial charge >= 0.3 is 0 Å². The summed E-state index contributed by atoms with van der Waals surface area (Å²) in [6.45, 7) is 0. The second kappa shape index (κ2) is 13.1. The van der Waals surface area contributed by atoms with Crippen molar-refractivity contribution in [3.8, 4) is 61.8 Å². The van der Waals surface area contributed by atoms with Gasteiger partial charge in [-0.05, 0) is 41.5 Å². The summed E-state index contributed by atoms with van der Waals surface area (Å²) < 4.78 is 9.21. The monoisotopic (exact) mass is 715 g/mol. The van der Waals surface area contributed by atoms with Crippen molar-refractivity contribution in [2.45, 2.75) is 0 Å². The van der Waals surface area contributed by atoms with Gasteiger partial charge in [-0.15, -0.1) is 0 Å². The Morgan fingerprint density at radius 2 is 0.768 bits per heavy atom. The molecule has 0 aliphatic rings. The molecule has 262 valence electrons. The zero-order valence-electron chi connectivity index (χ0n) is 30.3. The fraction of sp³-hybridized carbons (Fsp3) is 0. The van der Waals surface area contributed by atoms with Gasteiger partial charge in [0.1, 0.15) is 11.2 Å². The summed E-state index contributed by atoms with van der Waals surface area (Å²) in [6.07, 6.45) is 0. The first kappa shape index (κ1) is 31.9. The minimum atomic E-state index is 0.688. The third kappa shape index (κ3) is 5.31. The van der Waals surface area contributed by atoms with E-state index in [9.17, 15) is 0 Å². The number of hydrogen-bond donors (Lipinski definition) is 0. The number of furan rings is 1. The smallest absolute Gasteiger partial charge is 0.160 e. The molecule has 0 aliphatic heterocycles. The first-order valence-electron chi connectivity index (χ1n) is 18.9. The molecule has 3 heterocycles. The van der Waals surface area contributed by atoms with E-state index in [2.05, 4.69) is 168 Å². The van der Waals surface area contributed by atoms with Crippen LogP contribution in [0.3, 0.4) is 0 Å². The van der Waals surface area contributed by atoms with Crippen molar-refractivity contribution >= 4 is 43.7 Å². The van der Waals surface area contributed by atoms with E-state index in [1.165, 1.54) is 21.8 Å². The van der Waals surface area contributed by atoms with Gasteiger partial charge in [-0.3, -0.25) is 0 Å². The summed E-state index contributed by atoms with van der Waals surface area (Å²) in [5.74, 6) is 0.688. The SMILES string of the molecule is c1ccc(-c2cc(-c3ccccc3)nc(-c3ccc(-c4cccc5c4oc4c(-c6ccc(-n7c8ccccc8c8ccccc87)cc6)cccc45)cc3)n2)cc1. The lowest BCUT2D eigenvalue weighted by Gasteiger charge is -2.10. The highest BCUT2D eigenvalue weighted by Crippen LogP contribution is 2.41. The Balaban J connectivity index is 0.968. The van der Waals surface area contributed by atoms with Gasteiger partial charge in [-0.1, -0.05) is 170 Å². The molecule has 0 unspecified atom stereocenters. The van der Waals surface area contributed by atoms with Crippen molar-refractivity contribution < 1.29 is 4.42 Å². The van der Waals surface area contributed by atoms with Gasteiger partial charge in [0.05, 0.1) is 22.4 Å². The van der Waals surface area contributed by atoms with Crippen LogP contribution in [0.15, 0.2) is 205 Å². The van der Waals surface area contributed by atoms with Gasteiger partial charge in [0.2, 0.25) is 0 Å². The zero-order chi connectivity index (χ0) is 37.0. The second-order valence-corrected chi connectivity index (χ2v) is 14.2. The second-order valence-electron chi connectivity index (χ2n) is 14.2. The average Bonchev–Trinajstić information content (AvgIpc) is 3.83. The fourth-order valence-electron chi connectivity index (χ4n) is 8.15. The molecule has 0 atom stereocenters. The number of para-hydroxylation sites is 4. The Labute approximate surface area is 323 Å². The minimum Gasteiger partial charge on any atom is -0.455 e. The molecule has 56 heavy (non-hydrogen) atoms. The number of hydrogen-bond acceptors (Lipinski definition) is 3. The molecule has 3 aromatic heterocycles. The quantitative estimate of drug-likeness (QED) is 0.172. The first-order chi connectivity index (χ1) is 27.8. The van der Waals surface area contributed by atoms with Crippen molar-refractivity contribution in [3.05, 3.63) is 200 Å². The van der Waals surface area contributed by atoms with Crippen LogP contribution in [0.2, 0.25) is 0 Å². The van der Waals surface area contributed by atoms with Crippen LogP contribution in [-0.4, -0.2) is 14.5 Å². The van der Waals surface area contributed by atoms with Crippen LogP contribution in [0.25, 0.3) is 106 Å². The summed E-state index contributed by atoms with van der Waals surface area (Å²) >= 11 is 0. The predicted molar refractivity (Wildman–Crippen MR) is 231 cm³/mol. The molecular formula is C52H33N3O. The van der Waals surface area contributed by atoms with Crippen LogP contribution in [0.1, 0.15) is 0 Å². The van der Waals surface area contributed by atoms with E-state index in [4.69, 9.17) is 14.4 Å². The molecule has 0 saturated carbocycles. The maximum Gasteiger partial charge on any atom is 0.160 e. The molecule has 11 rings (SSSR count). The van der Waals surface area contributed by atoms with Crippen molar-refractivity contribution in [1.29, 1.82) is 0 Å². The first-order valence-corrected chi connectivity index (χ1v) is 18.9. The predicted octanol–water partition coefficient (Wildman–Crippen LogP) is 13.8. The average molecular weight is 716 g/mol. The van der Waals surface area contributed by atoms with Crippen LogP contribution in [0.4, 0.5) is 0 Å². The van der Waals surface area contributed by atoms with Crippen LogP contribution in [-0.2, 0) is 0 Å². The Morgan fingerprint density at radius 3 is 1.29 bits per heavy atom. The maximum atomic E-state index is 6.86. The van der Waals surface area contributed by atoms with Crippen molar-refractivity contribution in [2.75, 3.05) is 0 Å². The lowest BCUT2D eigenvalue weighted by molar-refractivity contribution is 0.671. The standard InChI is InChI=1S/C52H33N3O/c1-3-13-36(14-4-1)46-33-47(37-15-5-2-6-16-37)54-52(53-46)38-27-25-34(26-28-38)40-19-11-21-44-45-22-12-20-41(51(45)56-50(40)44)35-29-31-39(32-30-35)55-48-23-9-7-17-42(48)43-18-8-10-24-49(43)55/h1-33H. The molecule has 0 bridgehead atoms. The molecule has 0 fully saturated rings. The van der Waals surface area contributed by atoms with E-state index in [0.29, 0.717) is 5.82 Å². The molecule has 0 aliphatic carbocycles. The van der Waals surface area contributed by atoms with Crippen molar-refractivity contribution in [3.63, 3.8) is 0 Å². The third-order valence-electron chi connectivity index (χ3n) is 10.9. The largest absolute Gasteiger partial charge is 0.455 e. The zero-order valence-corrected chi connectivity index (χ0v) is 30.3. The topological polar surface area (TPSA) is 43.9 Å². The molecule has 4 nitrogen and oxygen atoms in total. The molecule has 4 heteroatoms. The Bertz CT molecular complexity index is 3100. The number of benzene rings is 8. The van der Waals surface area contributed by atoms with Crippen LogP contribution in [0, 0.1) is 0 Å². The van der Waals surface area contributed by atoms with E-state index < -0.39 is 0 Å². The van der Waals surface area contributed by atoms with Crippen molar-refractivity contribution in [1.82, 2.24) is 14.5 Å². The van der Waals surface area contributed by atoms with Gasteiger partial charge in [0, 0.05) is 55.0 Å². The molecule has 0 spiro atoms. The van der Waals surface area contributed by atoms with Crippen LogP contribution >= 0.6 is 0 Å². The van der Waals surface area contributed by atoms with Crippen molar-refractivity contribution in [2.24, 2.45) is 0 Å². The molecule has 0 radical (unpaired) electrons. The summed E-state index contributed by atoms with van der Waals surface area (Å²) in [5, 5.41) is 4.71. The third-order valence-corrected chi connectivity index (χ3v) is 10.9. The molecular weight excluding hydrogens is 683 g/mol. The molecule has 0 amide bonds. The fourth-order valence-corrected chi connectivity index (χ4v) is 8.15. The number of fused-ring (bicyclic) bond motifs is 6. The maximum absolute atomic E-state index is 6.86. The van der Waals surface area contributed by atoms with Gasteiger partial charge < -0.3 is 8.98 Å². The summed E-state index contributed by atoms with van der Waals surface area (Å²) in [5.41, 5.74) is 14.4. The molecule has 0 N–H and O–H groups in total. The van der Waals surface area contributed by atoms with Gasteiger partial charge in [-0.25, -0.2) is 9.97 Å². The van der Waals surface area contributed by atoms with E-state index in [0.717, 1.165) is 78.0 Å². The Hall–Kier alpha value is -7.56. The van der Waals surface area contributed by atoms with Crippen LogP contribution in [0.5, 0.6) is 0 Å². The lowest BCUT2D eigenvalue weighted by Crippen LogP contribution is -1.95. The summed E-state index contributed by atoms with van der Waals surface area (Å²) in [7, 11) is 0. The van der Waals surface area contributed by atoms with Crippen LogP contribution < -0.4 is 0 Å². The number of aromatic nitrogens is 3. The Kier molecular flexibility index (Phi) is 7.46. The summed E-state index contributed by atoms with van der Waals surface area (Å²) in [4.78, 5) is 10.1.